The van der Waals surface area contributed by atoms with E-state index in [1.807, 2.05) is 103 Å². The number of ether oxygens (including phenoxy) is 1. The number of nitrogens with one attached hydrogen (secondary N) is 3. The number of para-hydroxylation sites is 2. The van der Waals surface area contributed by atoms with Crippen molar-refractivity contribution in [2.75, 3.05) is 50.0 Å². The quantitative estimate of drug-likeness (QED) is 0.0430. The number of hydrogen-bond acceptors (Lipinski definition) is 14. The minimum absolute atomic E-state index is 0. The van der Waals surface area contributed by atoms with E-state index in [4.69, 9.17) is 4.74 Å². The fourth-order valence-electron chi connectivity index (χ4n) is 7.30. The molecule has 5 amide bonds. The molecule has 0 aliphatic carbocycles. The van der Waals surface area contributed by atoms with E-state index in [1.54, 1.807) is 40.2 Å². The molecule has 0 saturated carbocycles. The number of unbranched alkanes of at least 4 members (excludes halogenated alkanes) is 1. The number of rotatable bonds is 20. The second-order valence-corrected chi connectivity index (χ2v) is 17.5. The van der Waals surface area contributed by atoms with Gasteiger partial charge in [-0.2, -0.15) is 58.7 Å². The van der Waals surface area contributed by atoms with Crippen LogP contribution in [0.3, 0.4) is 0 Å². The summed E-state index contributed by atoms with van der Waals surface area (Å²) in [5.41, 5.74) is 4.96. The molecule has 22 heteroatoms. The van der Waals surface area contributed by atoms with Crippen molar-refractivity contribution in [1.29, 1.82) is 0 Å². The number of benzene rings is 2. The summed E-state index contributed by atoms with van der Waals surface area (Å²) in [6, 6.07) is 30.4. The fourth-order valence-corrected chi connectivity index (χ4v) is 7.94. The summed E-state index contributed by atoms with van der Waals surface area (Å²) < 4.78 is 43.8. The first kappa shape index (κ1) is 55.7. The zero-order chi connectivity index (χ0) is 50.4. The Morgan fingerprint density at radius 2 is 1.44 bits per heavy atom. The summed E-state index contributed by atoms with van der Waals surface area (Å²) in [5, 5.41) is 15.8. The minimum atomic E-state index is -4.87. The first-order valence-electron chi connectivity index (χ1n) is 22.8. The van der Waals surface area contributed by atoms with Crippen molar-refractivity contribution in [3.05, 3.63) is 152 Å². The molecular weight excluding hydrogens is 1120 g/mol. The normalized spacial score (nSPS) is 14.3. The molecule has 1 saturated heterocycles. The Morgan fingerprint density at radius 3 is 2.03 bits per heavy atom. The zero-order valence-electron chi connectivity index (χ0n) is 39.3. The van der Waals surface area contributed by atoms with Crippen molar-refractivity contribution in [2.24, 2.45) is 0 Å². The second-order valence-electron chi connectivity index (χ2n) is 16.0. The van der Waals surface area contributed by atoms with Gasteiger partial charge < -0.3 is 30.1 Å². The molecule has 6 aromatic rings. The topological polar surface area (TPSA) is 256 Å². The van der Waals surface area contributed by atoms with Crippen molar-refractivity contribution in [2.45, 2.75) is 51.1 Å². The molecule has 2 atom stereocenters. The fraction of sp³-hybridized carbons (Fsp3) is 0.300. The van der Waals surface area contributed by atoms with Crippen LogP contribution in [0.1, 0.15) is 37.7 Å². The number of carbonyl (C=O) groups is 5. The SMILES string of the molecule is Cc1ccnc(-c2cc(N3CCCC3C(=O)NC(CS(=O)(=O)[O-])C(=O)NCCCCC(=O)NCCOCCN3C(=O)C=CC3=O)ccn2)c1.[Ir].[c-]1ccccc1-n1cccn1.[c-]1ccccc1-n1cccn1. The van der Waals surface area contributed by atoms with Gasteiger partial charge in [0, 0.05) is 101 Å². The Morgan fingerprint density at radius 1 is 0.806 bits per heavy atom. The van der Waals surface area contributed by atoms with E-state index in [9.17, 15) is 36.9 Å². The van der Waals surface area contributed by atoms with Gasteiger partial charge >= 0.3 is 0 Å². The predicted octanol–water partition coefficient (Wildman–Crippen LogP) is 3.14. The molecule has 20 nitrogen and oxygen atoms in total. The number of imide groups is 1. The van der Waals surface area contributed by atoms with Crippen molar-refractivity contribution >= 4 is 45.3 Å². The molecule has 0 bridgehead atoms. The number of aryl methyl sites for hydroxylation is 1. The van der Waals surface area contributed by atoms with Crippen LogP contribution in [0.25, 0.3) is 22.8 Å². The Labute approximate surface area is 431 Å². The average molecular weight is 1180 g/mol. The molecule has 0 spiro atoms. The maximum atomic E-state index is 13.4. The maximum absolute atomic E-state index is 13.4. The van der Waals surface area contributed by atoms with E-state index < -0.39 is 51.6 Å². The molecule has 2 aromatic carbocycles. The van der Waals surface area contributed by atoms with Gasteiger partial charge in [-0.05, 0) is 85.9 Å². The Hall–Kier alpha value is -7.23. The summed E-state index contributed by atoms with van der Waals surface area (Å²) in [6.07, 6.45) is 15.0. The third-order valence-corrected chi connectivity index (χ3v) is 11.5. The van der Waals surface area contributed by atoms with Gasteiger partial charge in [-0.15, -0.1) is 12.1 Å². The summed E-state index contributed by atoms with van der Waals surface area (Å²) in [4.78, 5) is 73.0. The summed E-state index contributed by atoms with van der Waals surface area (Å²) in [6.45, 7) is 3.25. The third kappa shape index (κ3) is 17.9. The van der Waals surface area contributed by atoms with Crippen LogP contribution in [-0.4, -0.2) is 134 Å². The van der Waals surface area contributed by atoms with Crippen LogP contribution in [0.5, 0.6) is 0 Å². The predicted molar refractivity (Wildman–Crippen MR) is 260 cm³/mol. The molecule has 8 rings (SSSR count). The number of amides is 5. The van der Waals surface area contributed by atoms with Crippen molar-refractivity contribution in [1.82, 2.24) is 50.4 Å². The van der Waals surface area contributed by atoms with Gasteiger partial charge in [0.05, 0.1) is 47.0 Å². The van der Waals surface area contributed by atoms with Crippen molar-refractivity contribution in [3.8, 4) is 22.8 Å². The summed E-state index contributed by atoms with van der Waals surface area (Å²) in [7, 11) is -4.87. The van der Waals surface area contributed by atoms with Gasteiger partial charge in [0.15, 0.2) is 0 Å². The van der Waals surface area contributed by atoms with Gasteiger partial charge in [0.1, 0.15) is 12.1 Å². The largest absolute Gasteiger partial charge is 0.748 e. The number of anilines is 1. The van der Waals surface area contributed by atoms with Crippen molar-refractivity contribution < 1.29 is 61.8 Å². The van der Waals surface area contributed by atoms with E-state index in [-0.39, 0.29) is 65.3 Å². The number of hydrogen-bond donors (Lipinski definition) is 3. The second kappa shape index (κ2) is 28.6. The molecule has 1 radical (unpaired) electrons. The van der Waals surface area contributed by atoms with Crippen LogP contribution in [0.4, 0.5) is 5.69 Å². The molecule has 2 unspecified atom stereocenters. The van der Waals surface area contributed by atoms with Crippen LogP contribution in [0.15, 0.2) is 134 Å². The molecule has 3 N–H and O–H groups in total. The smallest absolute Gasteiger partial charge is 0.253 e. The van der Waals surface area contributed by atoms with Crippen molar-refractivity contribution in [3.63, 3.8) is 0 Å². The average Bonchev–Trinajstić information content (AvgIpc) is 4.23. The summed E-state index contributed by atoms with van der Waals surface area (Å²) in [5.74, 6) is -3.53. The first-order chi connectivity index (χ1) is 34.3. The Balaban J connectivity index is 0.000000336. The standard InChI is InChI=1S/C32H41N7O9S.2C9H7N2.Ir/c1-22-9-12-33-24(19-22)25-20-23(10-13-34-25)38-15-4-5-27(38)32(44)37-26(21-49(45,46)47)31(43)36-11-3-2-6-28(40)35-14-17-48-18-16-39-29(41)7-8-30(39)42;2*1-2-5-9(6-3-1)11-8-4-7-10-11;/h7-10,12-13,19-20,26-27H,2-6,11,14-18,21H2,1H3,(H,35,40)(H,36,43)(H,37,44)(H,45,46,47);2*1-5,7-8H;/q;2*-1;/p-1. The van der Waals surface area contributed by atoms with Crippen LogP contribution >= 0.6 is 0 Å². The van der Waals surface area contributed by atoms with Crippen LogP contribution in [0.2, 0.25) is 0 Å². The molecule has 6 heterocycles. The number of nitrogens with zero attached hydrogens (tertiary/aromatic N) is 8. The van der Waals surface area contributed by atoms with E-state index >= 15 is 0 Å². The molecule has 381 valence electrons. The van der Waals surface area contributed by atoms with E-state index in [2.05, 4.69) is 48.2 Å². The van der Waals surface area contributed by atoms with E-state index in [0.717, 1.165) is 21.8 Å². The molecule has 2 aliphatic rings. The van der Waals surface area contributed by atoms with Crippen LogP contribution in [-0.2, 0) is 58.9 Å². The van der Waals surface area contributed by atoms with Gasteiger partial charge in [0.25, 0.3) is 11.8 Å². The summed E-state index contributed by atoms with van der Waals surface area (Å²) >= 11 is 0. The molecule has 2 aliphatic heterocycles. The van der Waals surface area contributed by atoms with Gasteiger partial charge in [-0.25, -0.2) is 8.42 Å². The third-order valence-electron chi connectivity index (χ3n) is 10.8. The number of pyridine rings is 2. The van der Waals surface area contributed by atoms with Crippen LogP contribution < -0.4 is 20.9 Å². The molecule has 72 heavy (non-hydrogen) atoms. The van der Waals surface area contributed by atoms with Gasteiger partial charge in [-0.1, -0.05) is 0 Å². The van der Waals surface area contributed by atoms with Gasteiger partial charge in [-0.3, -0.25) is 48.2 Å². The number of carbonyl (C=O) groups excluding carboxylic acids is 5. The van der Waals surface area contributed by atoms with Crippen LogP contribution in [0, 0.1) is 19.1 Å². The Kier molecular flexibility index (Phi) is 22.1. The first-order valence-corrected chi connectivity index (χ1v) is 24.4. The minimum Gasteiger partial charge on any atom is -0.748 e. The maximum Gasteiger partial charge on any atom is 0.253 e. The van der Waals surface area contributed by atoms with E-state index in [1.165, 1.54) is 12.2 Å². The molecule has 4 aromatic heterocycles. The monoisotopic (exact) mass is 1180 g/mol. The zero-order valence-corrected chi connectivity index (χ0v) is 42.5. The molecular formula is C50H54IrN11O9S-3. The molecule has 1 fully saturated rings. The van der Waals surface area contributed by atoms with Gasteiger partial charge in [0.2, 0.25) is 17.7 Å². The van der Waals surface area contributed by atoms with E-state index in [0.29, 0.717) is 49.3 Å². The Bertz CT molecular complexity index is 2720. The number of aromatic nitrogens is 6.